The summed E-state index contributed by atoms with van der Waals surface area (Å²) in [5.41, 5.74) is 4.25. The van der Waals surface area contributed by atoms with Crippen molar-refractivity contribution in [1.29, 1.82) is 0 Å². The average Bonchev–Trinajstić information content (AvgIpc) is 2.88. The molecule has 0 saturated carbocycles. The Morgan fingerprint density at radius 3 is 2.42 bits per heavy atom. The van der Waals surface area contributed by atoms with E-state index in [1.807, 2.05) is 85.8 Å². The van der Waals surface area contributed by atoms with Gasteiger partial charge in [-0.15, -0.1) is 11.8 Å². The molecule has 0 saturated heterocycles. The topological polar surface area (TPSA) is 49.4 Å². The Hall–Kier alpha value is -2.76. The molecule has 0 aliphatic carbocycles. The van der Waals surface area contributed by atoms with E-state index >= 15 is 0 Å². The van der Waals surface area contributed by atoms with Crippen molar-refractivity contribution in [2.75, 3.05) is 12.3 Å². The molecule has 36 heavy (non-hydrogen) atoms. The summed E-state index contributed by atoms with van der Waals surface area (Å²) in [7, 11) is 0. The number of amides is 2. The number of carbonyl (C=O) groups is 2. The third kappa shape index (κ3) is 8.72. The smallest absolute Gasteiger partial charge is 0.243 e. The van der Waals surface area contributed by atoms with Gasteiger partial charge >= 0.3 is 0 Å². The standard InChI is InChI=1S/C30H35ClN2O2S/c1-3-4-17-32-30(35)28(19-24-12-6-5-7-13-24)33(20-26-15-9-8-11-23(26)2)29(34)22-36-21-25-14-10-16-27(31)18-25/h5-16,18,28H,3-4,17,19-22H2,1-2H3,(H,32,35)/t28-/m1/s1. The van der Waals surface area contributed by atoms with Crippen molar-refractivity contribution in [2.24, 2.45) is 0 Å². The van der Waals surface area contributed by atoms with Crippen molar-refractivity contribution in [2.45, 2.75) is 51.4 Å². The molecule has 1 N–H and O–H groups in total. The molecule has 3 aromatic rings. The molecule has 6 heteroatoms. The van der Waals surface area contributed by atoms with Gasteiger partial charge in [-0.3, -0.25) is 9.59 Å². The fourth-order valence-electron chi connectivity index (χ4n) is 4.00. The molecule has 3 rings (SSSR count). The zero-order chi connectivity index (χ0) is 25.8. The van der Waals surface area contributed by atoms with Crippen LogP contribution in [0.15, 0.2) is 78.9 Å². The van der Waals surface area contributed by atoms with Crippen LogP contribution in [-0.2, 0) is 28.3 Å². The van der Waals surface area contributed by atoms with Gasteiger partial charge in [-0.1, -0.05) is 91.7 Å². The number of thioether (sulfide) groups is 1. The summed E-state index contributed by atoms with van der Waals surface area (Å²) >= 11 is 7.66. The quantitative estimate of drug-likeness (QED) is 0.263. The van der Waals surface area contributed by atoms with Crippen molar-refractivity contribution in [1.82, 2.24) is 10.2 Å². The van der Waals surface area contributed by atoms with Crippen LogP contribution in [0.4, 0.5) is 0 Å². The van der Waals surface area contributed by atoms with Gasteiger partial charge in [0.1, 0.15) is 6.04 Å². The average molecular weight is 523 g/mol. The molecular weight excluding hydrogens is 488 g/mol. The number of hydrogen-bond acceptors (Lipinski definition) is 3. The highest BCUT2D eigenvalue weighted by atomic mass is 35.5. The third-order valence-electron chi connectivity index (χ3n) is 6.09. The predicted octanol–water partition coefficient (Wildman–Crippen LogP) is 6.44. The van der Waals surface area contributed by atoms with Crippen LogP contribution < -0.4 is 5.32 Å². The van der Waals surface area contributed by atoms with Crippen molar-refractivity contribution in [3.05, 3.63) is 106 Å². The second kappa shape index (κ2) is 14.7. The number of nitrogens with one attached hydrogen (secondary N) is 1. The first-order valence-corrected chi connectivity index (χ1v) is 14.0. The van der Waals surface area contributed by atoms with Crippen molar-refractivity contribution < 1.29 is 9.59 Å². The molecule has 3 aromatic carbocycles. The maximum atomic E-state index is 13.7. The zero-order valence-electron chi connectivity index (χ0n) is 21.1. The Morgan fingerprint density at radius 2 is 1.69 bits per heavy atom. The molecule has 0 spiro atoms. The van der Waals surface area contributed by atoms with Crippen LogP contribution in [0.25, 0.3) is 0 Å². The van der Waals surface area contributed by atoms with E-state index in [-0.39, 0.29) is 17.6 Å². The van der Waals surface area contributed by atoms with E-state index < -0.39 is 6.04 Å². The van der Waals surface area contributed by atoms with Crippen molar-refractivity contribution in [3.8, 4) is 0 Å². The number of rotatable bonds is 13. The van der Waals surface area contributed by atoms with Crippen LogP contribution in [0, 0.1) is 6.92 Å². The SMILES string of the molecule is CCCCNC(=O)[C@@H](Cc1ccccc1)N(Cc1ccccc1C)C(=O)CSCc1cccc(Cl)c1. The number of unbranched alkanes of at least 4 members (excludes halogenated alkanes) is 1. The lowest BCUT2D eigenvalue weighted by molar-refractivity contribution is -0.139. The molecule has 0 unspecified atom stereocenters. The summed E-state index contributed by atoms with van der Waals surface area (Å²) in [5, 5.41) is 3.76. The van der Waals surface area contributed by atoms with E-state index in [1.54, 1.807) is 16.7 Å². The van der Waals surface area contributed by atoms with Crippen molar-refractivity contribution in [3.63, 3.8) is 0 Å². The Morgan fingerprint density at radius 1 is 0.972 bits per heavy atom. The number of carbonyl (C=O) groups excluding carboxylic acids is 2. The minimum Gasteiger partial charge on any atom is -0.354 e. The zero-order valence-corrected chi connectivity index (χ0v) is 22.7. The Bertz CT molecular complexity index is 1120. The summed E-state index contributed by atoms with van der Waals surface area (Å²) in [6.07, 6.45) is 2.37. The summed E-state index contributed by atoms with van der Waals surface area (Å²) in [4.78, 5) is 28.9. The Balaban J connectivity index is 1.84. The maximum absolute atomic E-state index is 13.7. The first-order valence-electron chi connectivity index (χ1n) is 12.5. The van der Waals surface area contributed by atoms with Gasteiger partial charge < -0.3 is 10.2 Å². The Labute approximate surface area is 224 Å². The molecule has 0 bridgehead atoms. The van der Waals surface area contributed by atoms with Crippen LogP contribution >= 0.6 is 23.4 Å². The lowest BCUT2D eigenvalue weighted by Crippen LogP contribution is -2.51. The molecule has 4 nitrogen and oxygen atoms in total. The van der Waals surface area contributed by atoms with Gasteiger partial charge in [-0.05, 0) is 47.7 Å². The van der Waals surface area contributed by atoms with Gasteiger partial charge in [0, 0.05) is 30.3 Å². The van der Waals surface area contributed by atoms with Crippen LogP contribution in [0.3, 0.4) is 0 Å². The third-order valence-corrected chi connectivity index (χ3v) is 7.31. The van der Waals surface area contributed by atoms with E-state index in [2.05, 4.69) is 12.2 Å². The van der Waals surface area contributed by atoms with E-state index in [9.17, 15) is 9.59 Å². The summed E-state index contributed by atoms with van der Waals surface area (Å²) < 4.78 is 0. The monoisotopic (exact) mass is 522 g/mol. The molecule has 1 atom stereocenters. The van der Waals surface area contributed by atoms with E-state index in [4.69, 9.17) is 11.6 Å². The van der Waals surface area contributed by atoms with Crippen molar-refractivity contribution >= 4 is 35.2 Å². The van der Waals surface area contributed by atoms with E-state index in [0.717, 1.165) is 35.1 Å². The van der Waals surface area contributed by atoms with Crippen LogP contribution in [-0.4, -0.2) is 35.1 Å². The van der Waals surface area contributed by atoms with Crippen LogP contribution in [0.2, 0.25) is 5.02 Å². The minimum atomic E-state index is -0.594. The van der Waals surface area contributed by atoms with E-state index in [0.29, 0.717) is 30.3 Å². The van der Waals surface area contributed by atoms with Gasteiger partial charge in [-0.2, -0.15) is 0 Å². The summed E-state index contributed by atoms with van der Waals surface area (Å²) in [6.45, 7) is 5.14. The number of hydrogen-bond donors (Lipinski definition) is 1. The van der Waals surface area contributed by atoms with Gasteiger partial charge in [0.2, 0.25) is 11.8 Å². The lowest BCUT2D eigenvalue weighted by atomic mass is 10.0. The van der Waals surface area contributed by atoms with Crippen LogP contribution in [0.1, 0.15) is 42.0 Å². The first kappa shape index (κ1) is 27.8. The fourth-order valence-corrected chi connectivity index (χ4v) is 5.07. The fraction of sp³-hybridized carbons (Fsp3) is 0.333. The molecule has 0 aliphatic rings. The predicted molar refractivity (Wildman–Crippen MR) is 151 cm³/mol. The molecule has 0 aliphatic heterocycles. The number of nitrogens with zero attached hydrogens (tertiary/aromatic N) is 1. The molecule has 2 amide bonds. The molecule has 0 radical (unpaired) electrons. The molecule has 190 valence electrons. The second-order valence-corrected chi connectivity index (χ2v) is 10.3. The lowest BCUT2D eigenvalue weighted by Gasteiger charge is -2.32. The summed E-state index contributed by atoms with van der Waals surface area (Å²) in [5.74, 6) is 0.814. The highest BCUT2D eigenvalue weighted by Crippen LogP contribution is 2.21. The highest BCUT2D eigenvalue weighted by Gasteiger charge is 2.30. The number of benzene rings is 3. The minimum absolute atomic E-state index is 0.0446. The van der Waals surface area contributed by atoms with Crippen LogP contribution in [0.5, 0.6) is 0 Å². The molecule has 0 fully saturated rings. The summed E-state index contributed by atoms with van der Waals surface area (Å²) in [6, 6.07) is 25.1. The first-order chi connectivity index (χ1) is 17.5. The van der Waals surface area contributed by atoms with Gasteiger partial charge in [-0.25, -0.2) is 0 Å². The second-order valence-electron chi connectivity index (χ2n) is 8.92. The highest BCUT2D eigenvalue weighted by molar-refractivity contribution is 7.99. The molecule has 0 aromatic heterocycles. The van der Waals surface area contributed by atoms with Gasteiger partial charge in [0.15, 0.2) is 0 Å². The Kier molecular flexibility index (Phi) is 11.4. The molecule has 0 heterocycles. The van der Waals surface area contributed by atoms with Gasteiger partial charge in [0.25, 0.3) is 0 Å². The normalized spacial score (nSPS) is 11.6. The van der Waals surface area contributed by atoms with Gasteiger partial charge in [0.05, 0.1) is 5.75 Å². The largest absolute Gasteiger partial charge is 0.354 e. The van der Waals surface area contributed by atoms with E-state index in [1.165, 1.54) is 0 Å². The number of aryl methyl sites for hydroxylation is 1. The number of halogens is 1. The maximum Gasteiger partial charge on any atom is 0.243 e. The molecular formula is C30H35ClN2O2S.